The van der Waals surface area contributed by atoms with Gasteiger partial charge in [-0.05, 0) is 57.1 Å². The van der Waals surface area contributed by atoms with Gasteiger partial charge >= 0.3 is 13.1 Å². The quantitative estimate of drug-likeness (QED) is 0.625. The van der Waals surface area contributed by atoms with Gasteiger partial charge in [-0.1, -0.05) is 12.1 Å². The molecule has 1 aliphatic heterocycles. The number of methoxy groups -OCH3 is 1. The van der Waals surface area contributed by atoms with Gasteiger partial charge in [0.2, 0.25) is 0 Å². The molecule has 3 rings (SSSR count). The van der Waals surface area contributed by atoms with Gasteiger partial charge in [-0.2, -0.15) is 0 Å². The highest BCUT2D eigenvalue weighted by Crippen LogP contribution is 2.37. The van der Waals surface area contributed by atoms with E-state index in [9.17, 15) is 4.79 Å². The molecule has 0 saturated carbocycles. The molecule has 2 aromatic rings. The minimum absolute atomic E-state index is 0.291. The molecule has 0 bridgehead atoms. The van der Waals surface area contributed by atoms with Crippen molar-refractivity contribution in [3.63, 3.8) is 0 Å². The predicted octanol–water partition coefficient (Wildman–Crippen LogP) is 3.30. The van der Waals surface area contributed by atoms with Gasteiger partial charge in [0.05, 0.1) is 18.3 Å². The van der Waals surface area contributed by atoms with E-state index >= 15 is 0 Å². The summed E-state index contributed by atoms with van der Waals surface area (Å²) in [5.41, 5.74) is 1.17. The molecule has 0 N–H and O–H groups in total. The van der Waals surface area contributed by atoms with Crippen LogP contribution >= 0.6 is 11.3 Å². The van der Waals surface area contributed by atoms with Crippen LogP contribution in [0.15, 0.2) is 18.2 Å². The first-order chi connectivity index (χ1) is 10.7. The summed E-state index contributed by atoms with van der Waals surface area (Å²) in [6.07, 6.45) is 0. The molecule has 0 aliphatic carbocycles. The Hall–Kier alpha value is -1.37. The highest BCUT2D eigenvalue weighted by Gasteiger charge is 2.51. The number of carbonyl (C=O) groups is 1. The van der Waals surface area contributed by atoms with Gasteiger partial charge in [-0.3, -0.25) is 0 Å². The molecule has 2 heterocycles. The molecule has 23 heavy (non-hydrogen) atoms. The van der Waals surface area contributed by atoms with Crippen LogP contribution in [0, 0.1) is 6.92 Å². The summed E-state index contributed by atoms with van der Waals surface area (Å²) in [6, 6.07) is 6.07. The monoisotopic (exact) mass is 332 g/mol. The maximum Gasteiger partial charge on any atom is 0.494 e. The van der Waals surface area contributed by atoms with E-state index in [1.165, 1.54) is 18.4 Å². The summed E-state index contributed by atoms with van der Waals surface area (Å²) in [4.78, 5) is 12.5. The smallest absolute Gasteiger partial charge is 0.465 e. The lowest BCUT2D eigenvalue weighted by Crippen LogP contribution is -2.41. The lowest BCUT2D eigenvalue weighted by molar-refractivity contribution is 0.00578. The van der Waals surface area contributed by atoms with Crippen LogP contribution in [0.4, 0.5) is 0 Å². The standard InChI is InChI=1S/C17H21BO4S/c1-10-12-9-11(18-21-16(2,3)17(4,5)22-18)7-8-13(12)23-14(10)15(19)20-6/h7-9H,1-6H3. The second kappa shape index (κ2) is 5.33. The number of benzene rings is 1. The van der Waals surface area contributed by atoms with E-state index in [0.717, 1.165) is 21.1 Å². The number of fused-ring (bicyclic) bond motifs is 1. The zero-order chi connectivity index (χ0) is 17.0. The Morgan fingerprint density at radius 2 is 1.78 bits per heavy atom. The van der Waals surface area contributed by atoms with E-state index < -0.39 is 7.12 Å². The molecule has 4 nitrogen and oxygen atoms in total. The van der Waals surface area contributed by atoms with Crippen LogP contribution in [0.2, 0.25) is 0 Å². The maximum absolute atomic E-state index is 11.9. The Labute approximate surface area is 140 Å². The fourth-order valence-corrected chi connectivity index (χ4v) is 3.76. The van der Waals surface area contributed by atoms with Crippen LogP contribution in [0.3, 0.4) is 0 Å². The van der Waals surface area contributed by atoms with E-state index in [0.29, 0.717) is 4.88 Å². The van der Waals surface area contributed by atoms with Crippen molar-refractivity contribution in [2.75, 3.05) is 7.11 Å². The zero-order valence-electron chi connectivity index (χ0n) is 14.4. The van der Waals surface area contributed by atoms with E-state index in [2.05, 4.69) is 6.07 Å². The van der Waals surface area contributed by atoms with Crippen LogP contribution in [-0.4, -0.2) is 31.4 Å². The highest BCUT2D eigenvalue weighted by atomic mass is 32.1. The molecule has 1 fully saturated rings. The van der Waals surface area contributed by atoms with Crippen LogP contribution < -0.4 is 5.46 Å². The SMILES string of the molecule is COC(=O)c1sc2ccc(B3OC(C)(C)C(C)(C)O3)cc2c1C. The summed E-state index contributed by atoms with van der Waals surface area (Å²) in [5.74, 6) is -0.291. The molecule has 1 saturated heterocycles. The van der Waals surface area contributed by atoms with Gasteiger partial charge in [-0.15, -0.1) is 11.3 Å². The Morgan fingerprint density at radius 1 is 1.17 bits per heavy atom. The molecular formula is C17H21BO4S. The lowest BCUT2D eigenvalue weighted by Gasteiger charge is -2.32. The molecule has 1 aromatic heterocycles. The van der Waals surface area contributed by atoms with Crippen LogP contribution in [0.25, 0.3) is 10.1 Å². The Balaban J connectivity index is 2.01. The average Bonchev–Trinajstić information content (AvgIpc) is 2.92. The minimum atomic E-state index is -0.398. The zero-order valence-corrected chi connectivity index (χ0v) is 15.2. The summed E-state index contributed by atoms with van der Waals surface area (Å²) < 4.78 is 18.1. The molecular weight excluding hydrogens is 311 g/mol. The van der Waals surface area contributed by atoms with Gasteiger partial charge in [0.1, 0.15) is 4.88 Å². The minimum Gasteiger partial charge on any atom is -0.465 e. The third kappa shape index (κ3) is 2.59. The van der Waals surface area contributed by atoms with Crippen LogP contribution in [0.5, 0.6) is 0 Å². The van der Waals surface area contributed by atoms with Crippen molar-refractivity contribution in [3.05, 3.63) is 28.6 Å². The van der Waals surface area contributed by atoms with Gasteiger partial charge < -0.3 is 14.0 Å². The van der Waals surface area contributed by atoms with Gasteiger partial charge in [0, 0.05) is 4.70 Å². The number of esters is 1. The molecule has 0 unspecified atom stereocenters. The summed E-state index contributed by atoms with van der Waals surface area (Å²) in [5, 5.41) is 1.04. The normalized spacial score (nSPS) is 19.3. The number of ether oxygens (including phenoxy) is 1. The summed E-state index contributed by atoms with van der Waals surface area (Å²) in [7, 11) is 1.01. The molecule has 122 valence electrons. The topological polar surface area (TPSA) is 44.8 Å². The van der Waals surface area contributed by atoms with Crippen molar-refractivity contribution in [2.24, 2.45) is 0 Å². The number of carbonyl (C=O) groups excluding carboxylic acids is 1. The van der Waals surface area contributed by atoms with Gasteiger partial charge in [0.15, 0.2) is 0 Å². The summed E-state index contributed by atoms with van der Waals surface area (Å²) >= 11 is 1.45. The van der Waals surface area contributed by atoms with Crippen molar-refractivity contribution < 1.29 is 18.8 Å². The maximum atomic E-state index is 11.9. The van der Waals surface area contributed by atoms with Crippen LogP contribution in [0.1, 0.15) is 42.9 Å². The fraction of sp³-hybridized carbons (Fsp3) is 0.471. The molecule has 1 aromatic carbocycles. The summed E-state index contributed by atoms with van der Waals surface area (Å²) in [6.45, 7) is 10.1. The predicted molar refractivity (Wildman–Crippen MR) is 93.6 cm³/mol. The first-order valence-electron chi connectivity index (χ1n) is 7.63. The van der Waals surface area contributed by atoms with Gasteiger partial charge in [0.25, 0.3) is 0 Å². The van der Waals surface area contributed by atoms with E-state index in [1.54, 1.807) is 0 Å². The van der Waals surface area contributed by atoms with E-state index in [1.807, 2.05) is 46.8 Å². The molecule has 1 aliphatic rings. The van der Waals surface area contributed by atoms with E-state index in [4.69, 9.17) is 14.0 Å². The molecule has 0 amide bonds. The van der Waals surface area contributed by atoms with Crippen molar-refractivity contribution in [1.29, 1.82) is 0 Å². The number of hydrogen-bond acceptors (Lipinski definition) is 5. The van der Waals surface area contributed by atoms with Crippen molar-refractivity contribution in [1.82, 2.24) is 0 Å². The Bertz CT molecular complexity index is 762. The number of rotatable bonds is 2. The third-order valence-electron chi connectivity index (χ3n) is 4.86. The van der Waals surface area contributed by atoms with Crippen molar-refractivity contribution in [3.8, 4) is 0 Å². The highest BCUT2D eigenvalue weighted by molar-refractivity contribution is 7.21. The number of thiophene rings is 1. The molecule has 0 atom stereocenters. The first kappa shape index (κ1) is 16.5. The Kier molecular flexibility index (Phi) is 3.82. The second-order valence-corrected chi connectivity index (χ2v) is 7.94. The number of aryl methyl sites for hydroxylation is 1. The van der Waals surface area contributed by atoms with Gasteiger partial charge in [-0.25, -0.2) is 4.79 Å². The molecule has 0 spiro atoms. The first-order valence-corrected chi connectivity index (χ1v) is 8.45. The lowest BCUT2D eigenvalue weighted by atomic mass is 9.78. The van der Waals surface area contributed by atoms with E-state index in [-0.39, 0.29) is 17.2 Å². The van der Waals surface area contributed by atoms with Crippen molar-refractivity contribution in [2.45, 2.75) is 45.8 Å². The molecule has 6 heteroatoms. The fourth-order valence-electron chi connectivity index (χ4n) is 2.65. The average molecular weight is 332 g/mol. The Morgan fingerprint density at radius 3 is 2.35 bits per heavy atom. The molecule has 0 radical (unpaired) electrons. The van der Waals surface area contributed by atoms with Crippen molar-refractivity contribution >= 4 is 40.0 Å². The second-order valence-electron chi connectivity index (χ2n) is 6.89. The van der Waals surface area contributed by atoms with Crippen LogP contribution in [-0.2, 0) is 14.0 Å². The number of hydrogen-bond donors (Lipinski definition) is 0. The third-order valence-corrected chi connectivity index (χ3v) is 6.11. The largest absolute Gasteiger partial charge is 0.494 e.